The molecule has 0 bridgehead atoms. The quantitative estimate of drug-likeness (QED) is 0.317. The summed E-state index contributed by atoms with van der Waals surface area (Å²) in [7, 11) is 0. The van der Waals surface area contributed by atoms with Gasteiger partial charge in [0, 0.05) is 36.2 Å². The summed E-state index contributed by atoms with van der Waals surface area (Å²) in [5.74, 6) is 6.16. The Morgan fingerprint density at radius 1 is 1.21 bits per heavy atom. The zero-order valence-electron chi connectivity index (χ0n) is 16.8. The molecule has 0 amide bonds. The maximum atomic E-state index is 12.7. The second-order valence-corrected chi connectivity index (χ2v) is 7.70. The van der Waals surface area contributed by atoms with Crippen LogP contribution < -0.4 is 11.6 Å². The van der Waals surface area contributed by atoms with Crippen LogP contribution in [0.3, 0.4) is 0 Å². The van der Waals surface area contributed by atoms with Crippen LogP contribution in [0.2, 0.25) is 0 Å². The zero-order valence-corrected chi connectivity index (χ0v) is 17.7. The largest absolute Gasteiger partial charge is 0.401 e. The molecule has 5 heteroatoms. The van der Waals surface area contributed by atoms with Crippen LogP contribution in [0.5, 0.6) is 0 Å². The Labute approximate surface area is 174 Å². The number of hydrazine groups is 1. The number of benzene rings is 2. The molecule has 4 nitrogen and oxygen atoms in total. The Morgan fingerprint density at radius 3 is 2.57 bits per heavy atom. The van der Waals surface area contributed by atoms with Gasteiger partial charge in [0.1, 0.15) is 5.78 Å². The van der Waals surface area contributed by atoms with Gasteiger partial charge in [0.15, 0.2) is 0 Å². The predicted octanol–water partition coefficient (Wildman–Crippen LogP) is 4.35. The Kier molecular flexibility index (Phi) is 8.61. The molecule has 1 atom stereocenters. The summed E-state index contributed by atoms with van der Waals surface area (Å²) in [5.41, 5.74) is 10.2. The first-order valence-electron chi connectivity index (χ1n) is 9.71. The van der Waals surface area contributed by atoms with Gasteiger partial charge in [0.25, 0.3) is 0 Å². The zero-order chi connectivity index (χ0) is 20.5. The average molecular weight is 398 g/mol. The number of hydrogen-bond acceptors (Lipinski definition) is 5. The number of allylic oxidation sites excluding steroid dienone is 1. The summed E-state index contributed by atoms with van der Waals surface area (Å²) in [6.07, 6.45) is 4.21. The monoisotopic (exact) mass is 397 g/mol. The molecule has 0 spiro atoms. The highest BCUT2D eigenvalue weighted by atomic mass is 32.1. The average Bonchev–Trinajstić information content (AvgIpc) is 2.68. The molecule has 0 aliphatic carbocycles. The van der Waals surface area contributed by atoms with Gasteiger partial charge < -0.3 is 10.7 Å². The molecule has 150 valence electrons. The maximum Gasteiger partial charge on any atom is 0.137 e. The highest BCUT2D eigenvalue weighted by Gasteiger charge is 2.17. The van der Waals surface area contributed by atoms with Crippen molar-refractivity contribution < 1.29 is 4.79 Å². The molecular weight excluding hydrogens is 366 g/mol. The number of aryl methyl sites for hydroxylation is 1. The third kappa shape index (κ3) is 7.06. The molecule has 4 N–H and O–H groups in total. The van der Waals surface area contributed by atoms with Crippen LogP contribution in [0.1, 0.15) is 48.8 Å². The van der Waals surface area contributed by atoms with Crippen molar-refractivity contribution in [3.63, 3.8) is 0 Å². The van der Waals surface area contributed by atoms with Gasteiger partial charge in [0.05, 0.1) is 0 Å². The van der Waals surface area contributed by atoms with Crippen LogP contribution >= 0.6 is 12.6 Å². The van der Waals surface area contributed by atoms with Crippen molar-refractivity contribution in [1.82, 2.24) is 5.01 Å². The number of ketones is 1. The van der Waals surface area contributed by atoms with Crippen molar-refractivity contribution in [2.24, 2.45) is 11.6 Å². The van der Waals surface area contributed by atoms with E-state index in [1.165, 1.54) is 0 Å². The first-order valence-corrected chi connectivity index (χ1v) is 10.2. The molecule has 0 saturated carbocycles. The number of nitrogens with zero attached hydrogens (tertiary/aromatic N) is 1. The van der Waals surface area contributed by atoms with Gasteiger partial charge in [-0.25, -0.2) is 5.84 Å². The van der Waals surface area contributed by atoms with Crippen molar-refractivity contribution in [2.75, 3.05) is 6.54 Å². The van der Waals surface area contributed by atoms with Gasteiger partial charge in [-0.3, -0.25) is 4.79 Å². The summed E-state index contributed by atoms with van der Waals surface area (Å²) in [5, 5.41) is 1.57. The normalized spacial score (nSPS) is 12.6. The third-order valence-corrected chi connectivity index (χ3v) is 5.39. The van der Waals surface area contributed by atoms with Crippen LogP contribution in [0.25, 0.3) is 0 Å². The van der Waals surface area contributed by atoms with Gasteiger partial charge in [0.2, 0.25) is 0 Å². The van der Waals surface area contributed by atoms with Gasteiger partial charge >= 0.3 is 0 Å². The highest BCUT2D eigenvalue weighted by Crippen LogP contribution is 2.29. The number of carbonyl (C=O) groups excluding carboxylic acids is 1. The fraction of sp³-hybridized carbons (Fsp3) is 0.348. The van der Waals surface area contributed by atoms with Crippen molar-refractivity contribution >= 4 is 18.4 Å². The van der Waals surface area contributed by atoms with Gasteiger partial charge in [-0.1, -0.05) is 42.5 Å². The number of thiol groups is 1. The molecule has 0 aliphatic heterocycles. The van der Waals surface area contributed by atoms with Crippen LogP contribution in [-0.4, -0.2) is 17.3 Å². The lowest BCUT2D eigenvalue weighted by atomic mass is 9.87. The molecule has 0 saturated heterocycles. The maximum absolute atomic E-state index is 12.7. The molecule has 0 radical (unpaired) electrons. The lowest BCUT2D eigenvalue weighted by molar-refractivity contribution is -0.118. The van der Waals surface area contributed by atoms with E-state index in [9.17, 15) is 4.79 Å². The summed E-state index contributed by atoms with van der Waals surface area (Å²) < 4.78 is 0. The second-order valence-electron chi connectivity index (χ2n) is 7.22. The minimum Gasteiger partial charge on any atom is -0.401 e. The first-order chi connectivity index (χ1) is 13.4. The van der Waals surface area contributed by atoms with E-state index in [-0.39, 0.29) is 11.7 Å². The van der Waals surface area contributed by atoms with Crippen molar-refractivity contribution in [1.29, 1.82) is 0 Å². The Hall–Kier alpha value is -2.24. The van der Waals surface area contributed by atoms with E-state index in [1.807, 2.05) is 50.2 Å². The van der Waals surface area contributed by atoms with Crippen LogP contribution in [-0.2, 0) is 11.2 Å². The first kappa shape index (κ1) is 22.1. The van der Waals surface area contributed by atoms with E-state index < -0.39 is 0 Å². The van der Waals surface area contributed by atoms with E-state index in [2.05, 4.69) is 24.8 Å². The number of hydrogen-bond donors (Lipinski definition) is 3. The van der Waals surface area contributed by atoms with Crippen LogP contribution in [0, 0.1) is 6.92 Å². The summed E-state index contributed by atoms with van der Waals surface area (Å²) >= 11 is 4.47. The Balaban J connectivity index is 2.12. The van der Waals surface area contributed by atoms with Gasteiger partial charge in [-0.05, 0) is 55.4 Å². The predicted molar refractivity (Wildman–Crippen MR) is 119 cm³/mol. The molecule has 0 aliphatic rings. The van der Waals surface area contributed by atoms with E-state index in [4.69, 9.17) is 11.6 Å². The SMILES string of the molecule is CCN(N)/C=C(\N)CCC(CC(=O)Cc1ccccc1)c1ccc(S)c(C)c1. The van der Waals surface area contributed by atoms with Crippen molar-refractivity contribution in [2.45, 2.75) is 50.3 Å². The summed E-state index contributed by atoms with van der Waals surface area (Å²) in [6.45, 7) is 4.70. The molecule has 0 aromatic heterocycles. The van der Waals surface area contributed by atoms with Crippen molar-refractivity contribution in [3.05, 3.63) is 77.1 Å². The smallest absolute Gasteiger partial charge is 0.137 e. The Bertz CT molecular complexity index is 805. The van der Waals surface area contributed by atoms with Gasteiger partial charge in [-0.2, -0.15) is 0 Å². The topological polar surface area (TPSA) is 72.3 Å². The minimum absolute atomic E-state index is 0.114. The number of carbonyl (C=O) groups is 1. The van der Waals surface area contributed by atoms with E-state index in [1.54, 1.807) is 11.2 Å². The van der Waals surface area contributed by atoms with E-state index in [0.29, 0.717) is 25.8 Å². The van der Waals surface area contributed by atoms with Crippen LogP contribution in [0.15, 0.2) is 65.3 Å². The summed E-state index contributed by atoms with van der Waals surface area (Å²) in [4.78, 5) is 13.7. The lowest BCUT2D eigenvalue weighted by Gasteiger charge is -2.19. The fourth-order valence-electron chi connectivity index (χ4n) is 3.20. The third-order valence-electron chi connectivity index (χ3n) is 4.89. The lowest BCUT2D eigenvalue weighted by Crippen LogP contribution is -2.26. The molecule has 28 heavy (non-hydrogen) atoms. The molecule has 0 fully saturated rings. The van der Waals surface area contributed by atoms with Gasteiger partial charge in [-0.15, -0.1) is 12.6 Å². The standard InChI is InChI=1S/C23H31N3OS/c1-3-26(25)16-21(24)11-9-20(19-10-12-23(28)17(2)13-19)15-22(27)14-18-7-5-4-6-8-18/h4-8,10,12-13,16,20,28H,3,9,11,14-15,24-25H2,1-2H3/b21-16-. The summed E-state index contributed by atoms with van der Waals surface area (Å²) in [6, 6.07) is 16.1. The van der Waals surface area contributed by atoms with E-state index in [0.717, 1.165) is 33.7 Å². The molecule has 1 unspecified atom stereocenters. The highest BCUT2D eigenvalue weighted by molar-refractivity contribution is 7.80. The molecule has 2 aromatic rings. The minimum atomic E-state index is 0.114. The van der Waals surface area contributed by atoms with E-state index >= 15 is 0 Å². The fourth-order valence-corrected chi connectivity index (χ4v) is 3.34. The van der Waals surface area contributed by atoms with Crippen molar-refractivity contribution in [3.8, 4) is 0 Å². The number of rotatable bonds is 10. The second kappa shape index (κ2) is 10.9. The Morgan fingerprint density at radius 2 is 1.93 bits per heavy atom. The number of Topliss-reactive ketones (excluding diaryl/α,β-unsaturated/α-hetero) is 1. The molecule has 0 heterocycles. The molecular formula is C23H31N3OS. The molecule has 2 aromatic carbocycles. The van der Waals surface area contributed by atoms with Crippen LogP contribution in [0.4, 0.5) is 0 Å². The molecule has 2 rings (SSSR count). The number of nitrogens with two attached hydrogens (primary N) is 2.